The second-order valence-electron chi connectivity index (χ2n) is 8.76. The Bertz CT molecular complexity index is 1380. The molecule has 1 aliphatic heterocycles. The number of piperazine rings is 1. The zero-order valence-corrected chi connectivity index (χ0v) is 19.9. The summed E-state index contributed by atoms with van der Waals surface area (Å²) in [6.45, 7) is 6.15. The van der Waals surface area contributed by atoms with Gasteiger partial charge in [-0.3, -0.25) is 9.69 Å². The third kappa shape index (κ3) is 4.79. The van der Waals surface area contributed by atoms with Gasteiger partial charge in [-0.15, -0.1) is 0 Å². The van der Waals surface area contributed by atoms with Crippen LogP contribution in [0.3, 0.4) is 0 Å². The highest BCUT2D eigenvalue weighted by Crippen LogP contribution is 2.26. The molecule has 0 spiro atoms. The molecule has 1 saturated heterocycles. The summed E-state index contributed by atoms with van der Waals surface area (Å²) in [5.41, 5.74) is -0.351. The highest BCUT2D eigenvalue weighted by atomic mass is 19.1. The van der Waals surface area contributed by atoms with Crippen LogP contribution in [0.1, 0.15) is 23.1 Å². The first-order chi connectivity index (χ1) is 17.1. The lowest BCUT2D eigenvalue weighted by molar-refractivity contribution is -0.392. The molecule has 0 amide bonds. The van der Waals surface area contributed by atoms with Crippen LogP contribution in [-0.4, -0.2) is 79.0 Å². The monoisotopic (exact) mass is 502 g/mol. The number of benzene rings is 1. The Hall–Kier alpha value is -3.84. The van der Waals surface area contributed by atoms with Gasteiger partial charge in [-0.05, 0) is 24.0 Å². The Kier molecular flexibility index (Phi) is 7.04. The number of carboxylic acid groups (broad SMARTS) is 1. The second-order valence-corrected chi connectivity index (χ2v) is 8.76. The molecule has 2 N–H and O–H groups in total. The Labute approximate surface area is 204 Å². The SMILES string of the molecule is CCn1cc(C(=O)O)c(=O)c2cc(F)c(N3CCN(CC(O)Cn4c([N+](=O)[O-])cnc4C)CC3)cc21. The lowest BCUT2D eigenvalue weighted by Gasteiger charge is -2.37. The van der Waals surface area contributed by atoms with Crippen LogP contribution in [-0.2, 0) is 13.1 Å². The lowest BCUT2D eigenvalue weighted by atomic mass is 10.1. The van der Waals surface area contributed by atoms with E-state index in [1.807, 2.05) is 16.7 Å². The van der Waals surface area contributed by atoms with E-state index in [-0.39, 0.29) is 24.3 Å². The zero-order valence-electron chi connectivity index (χ0n) is 19.9. The van der Waals surface area contributed by atoms with Gasteiger partial charge in [0.2, 0.25) is 5.43 Å². The minimum Gasteiger partial charge on any atom is -0.477 e. The molecule has 12 nitrogen and oxygen atoms in total. The lowest BCUT2D eigenvalue weighted by Crippen LogP contribution is -2.49. The summed E-state index contributed by atoms with van der Waals surface area (Å²) in [4.78, 5) is 42.4. The average molecular weight is 503 g/mol. The van der Waals surface area contributed by atoms with Crippen LogP contribution in [0.4, 0.5) is 15.9 Å². The molecule has 36 heavy (non-hydrogen) atoms. The molecule has 3 aromatic rings. The Morgan fingerprint density at radius 3 is 2.56 bits per heavy atom. The van der Waals surface area contributed by atoms with Gasteiger partial charge in [-0.25, -0.2) is 18.7 Å². The van der Waals surface area contributed by atoms with Gasteiger partial charge >= 0.3 is 11.8 Å². The molecule has 1 unspecified atom stereocenters. The summed E-state index contributed by atoms with van der Waals surface area (Å²) in [6, 6.07) is 2.68. The first-order valence-electron chi connectivity index (χ1n) is 11.5. The molecule has 192 valence electrons. The van der Waals surface area contributed by atoms with Crippen LogP contribution in [0.2, 0.25) is 0 Å². The Morgan fingerprint density at radius 2 is 1.94 bits per heavy atom. The van der Waals surface area contributed by atoms with Crippen molar-refractivity contribution in [3.63, 3.8) is 0 Å². The fourth-order valence-corrected chi connectivity index (χ4v) is 4.62. The van der Waals surface area contributed by atoms with Crippen molar-refractivity contribution in [2.45, 2.75) is 33.0 Å². The topological polar surface area (TPSA) is 147 Å². The van der Waals surface area contributed by atoms with Crippen LogP contribution in [0.25, 0.3) is 10.9 Å². The Morgan fingerprint density at radius 1 is 1.25 bits per heavy atom. The van der Waals surface area contributed by atoms with Crippen molar-refractivity contribution >= 4 is 28.4 Å². The Balaban J connectivity index is 1.47. The van der Waals surface area contributed by atoms with Crippen LogP contribution in [0, 0.1) is 22.9 Å². The van der Waals surface area contributed by atoms with Crippen LogP contribution >= 0.6 is 0 Å². The number of nitrogens with zero attached hydrogens (tertiary/aromatic N) is 6. The third-order valence-electron chi connectivity index (χ3n) is 6.52. The van der Waals surface area contributed by atoms with E-state index in [0.29, 0.717) is 49.8 Å². The maximum Gasteiger partial charge on any atom is 0.342 e. The fraction of sp³-hybridized carbons (Fsp3) is 0.435. The van der Waals surface area contributed by atoms with Gasteiger partial charge in [0.05, 0.1) is 11.2 Å². The van der Waals surface area contributed by atoms with E-state index < -0.39 is 33.8 Å². The molecular weight excluding hydrogens is 475 g/mol. The molecule has 1 fully saturated rings. The van der Waals surface area contributed by atoms with E-state index in [0.717, 1.165) is 6.07 Å². The number of halogens is 1. The summed E-state index contributed by atoms with van der Waals surface area (Å²) in [7, 11) is 0. The highest BCUT2D eigenvalue weighted by Gasteiger charge is 2.26. The molecule has 0 aliphatic carbocycles. The van der Waals surface area contributed by atoms with Crippen molar-refractivity contribution in [3.8, 4) is 0 Å². The quantitative estimate of drug-likeness (QED) is 0.345. The number of hydrogen-bond acceptors (Lipinski definition) is 8. The molecule has 3 heterocycles. The number of fused-ring (bicyclic) bond motifs is 1. The summed E-state index contributed by atoms with van der Waals surface area (Å²) in [6.07, 6.45) is 1.59. The maximum absolute atomic E-state index is 15.1. The predicted molar refractivity (Wildman–Crippen MR) is 129 cm³/mol. The average Bonchev–Trinajstić information content (AvgIpc) is 3.19. The van der Waals surface area contributed by atoms with E-state index in [9.17, 15) is 29.9 Å². The number of anilines is 1. The minimum absolute atomic E-state index is 0.0173. The van der Waals surface area contributed by atoms with E-state index in [1.54, 1.807) is 17.6 Å². The molecule has 4 rings (SSSR count). The number of aliphatic hydroxyl groups is 1. The summed E-state index contributed by atoms with van der Waals surface area (Å²) in [5, 5.41) is 31.0. The molecule has 0 bridgehead atoms. The highest BCUT2D eigenvalue weighted by molar-refractivity contribution is 5.93. The molecule has 1 aliphatic rings. The number of aryl methyl sites for hydroxylation is 2. The number of imidazole rings is 1. The minimum atomic E-state index is -1.36. The van der Waals surface area contributed by atoms with E-state index in [1.165, 1.54) is 17.0 Å². The van der Waals surface area contributed by atoms with Crippen LogP contribution < -0.4 is 10.3 Å². The van der Waals surface area contributed by atoms with Gasteiger partial charge in [0.25, 0.3) is 0 Å². The number of aliphatic hydroxyl groups excluding tert-OH is 1. The van der Waals surface area contributed by atoms with E-state index >= 15 is 4.39 Å². The number of aromatic carboxylic acids is 1. The largest absolute Gasteiger partial charge is 0.477 e. The van der Waals surface area contributed by atoms with Crippen molar-refractivity contribution in [1.82, 2.24) is 19.0 Å². The van der Waals surface area contributed by atoms with Crippen molar-refractivity contribution in [2.75, 3.05) is 37.6 Å². The molecule has 13 heteroatoms. The van der Waals surface area contributed by atoms with E-state index in [2.05, 4.69) is 4.98 Å². The molecule has 0 radical (unpaired) electrons. The summed E-state index contributed by atoms with van der Waals surface area (Å²) in [5.74, 6) is -1.70. The molecular formula is C23H27FN6O6. The number of carboxylic acids is 1. The van der Waals surface area contributed by atoms with Gasteiger partial charge in [-0.1, -0.05) is 0 Å². The number of hydrogen-bond donors (Lipinski definition) is 2. The first kappa shape index (κ1) is 25.3. The number of pyridine rings is 1. The van der Waals surface area contributed by atoms with Crippen molar-refractivity contribution < 1.29 is 24.3 Å². The van der Waals surface area contributed by atoms with Gasteiger partial charge in [0.15, 0.2) is 5.82 Å². The number of rotatable bonds is 8. The van der Waals surface area contributed by atoms with Gasteiger partial charge in [0, 0.05) is 57.8 Å². The second kappa shape index (κ2) is 10.0. The van der Waals surface area contributed by atoms with Gasteiger partial charge in [0.1, 0.15) is 30.2 Å². The number of nitro groups is 1. The summed E-state index contributed by atoms with van der Waals surface area (Å²) < 4.78 is 18.0. The molecule has 0 saturated carbocycles. The summed E-state index contributed by atoms with van der Waals surface area (Å²) >= 11 is 0. The van der Waals surface area contributed by atoms with Crippen molar-refractivity contribution in [3.05, 3.63) is 62.1 Å². The standard InChI is InChI=1S/C23H27FN6O6/c1-3-27-13-17(23(33)34)22(32)16-8-18(24)20(9-19(16)27)28-6-4-26(5-7-28)11-15(31)12-29-14(2)25-10-21(29)30(35)36/h8-10,13,15,31H,3-7,11-12H2,1-2H3,(H,33,34). The van der Waals surface area contributed by atoms with Crippen molar-refractivity contribution in [2.24, 2.45) is 0 Å². The van der Waals surface area contributed by atoms with Gasteiger partial charge in [-0.2, -0.15) is 0 Å². The molecule has 1 atom stereocenters. The smallest absolute Gasteiger partial charge is 0.342 e. The molecule has 2 aromatic heterocycles. The first-order valence-corrected chi connectivity index (χ1v) is 11.5. The van der Waals surface area contributed by atoms with E-state index in [4.69, 9.17) is 0 Å². The fourth-order valence-electron chi connectivity index (χ4n) is 4.62. The predicted octanol–water partition coefficient (Wildman–Crippen LogP) is 1.45. The maximum atomic E-state index is 15.1. The van der Waals surface area contributed by atoms with Crippen molar-refractivity contribution in [1.29, 1.82) is 0 Å². The molecule has 1 aromatic carbocycles. The third-order valence-corrected chi connectivity index (χ3v) is 6.52. The number of aromatic nitrogens is 3. The van der Waals surface area contributed by atoms with Gasteiger partial charge < -0.3 is 29.8 Å². The number of β-amino-alcohol motifs (C(OH)–C–C–N with tert-alkyl or cyclic N) is 1. The number of carbonyl (C=O) groups is 1. The van der Waals surface area contributed by atoms with Crippen LogP contribution in [0.15, 0.2) is 29.3 Å². The zero-order chi connectivity index (χ0) is 26.1. The normalized spacial score (nSPS) is 15.4. The van der Waals surface area contributed by atoms with Crippen LogP contribution in [0.5, 0.6) is 0 Å².